The molecule has 0 aromatic heterocycles. The molecule has 8 N–H and O–H groups in total. The first-order valence-electron chi connectivity index (χ1n) is 3.06. The van der Waals surface area contributed by atoms with Crippen LogP contribution in [0.25, 0.3) is 0 Å². The van der Waals surface area contributed by atoms with E-state index in [0.29, 0.717) is 0 Å². The fourth-order valence-electron chi connectivity index (χ4n) is 0.277. The first-order chi connectivity index (χ1) is 7.41. The van der Waals surface area contributed by atoms with E-state index in [0.717, 1.165) is 0 Å². The molecule has 0 aliphatic heterocycles. The first-order valence-corrected chi connectivity index (χ1v) is 9.18. The van der Waals surface area contributed by atoms with Gasteiger partial charge in [-0.05, 0) is 0 Å². The van der Waals surface area contributed by atoms with Gasteiger partial charge in [-0.2, -0.15) is 8.62 Å². The molecule has 0 aromatic carbocycles. The maximum absolute atomic E-state index is 9.63. The van der Waals surface area contributed by atoms with Crippen LogP contribution in [0.3, 0.4) is 0 Å². The molecule has 0 bridgehead atoms. The smallest absolute Gasteiger partial charge is 0.302 e. The van der Waals surface area contributed by atoms with Crippen LogP contribution in [-0.4, -0.2) is 39.1 Å². The van der Waals surface area contributed by atoms with Crippen molar-refractivity contribution in [2.75, 3.05) is 0 Å². The van der Waals surface area contributed by atoms with Crippen LogP contribution >= 0.6 is 31.3 Å². The SMILES string of the molecule is O=P(O)(O)OP(=O)(O)O.O=P(O)(O)OP(=O)(O)O.[Au]. The van der Waals surface area contributed by atoms with Crippen LogP contribution in [-0.2, 0) is 49.3 Å². The molecule has 0 spiro atoms. The zero-order valence-electron chi connectivity index (χ0n) is 8.12. The van der Waals surface area contributed by atoms with Crippen LogP contribution in [0.2, 0.25) is 0 Å². The number of hydrogen-bond acceptors (Lipinski definition) is 6. The van der Waals surface area contributed by atoms with E-state index in [-0.39, 0.29) is 22.4 Å². The van der Waals surface area contributed by atoms with Gasteiger partial charge in [0.05, 0.1) is 0 Å². The number of phosphoric acid groups is 4. The van der Waals surface area contributed by atoms with Gasteiger partial charge in [0.25, 0.3) is 0 Å². The van der Waals surface area contributed by atoms with Crippen molar-refractivity contribution in [3.05, 3.63) is 0 Å². The van der Waals surface area contributed by atoms with Gasteiger partial charge in [-0.15, -0.1) is 0 Å². The summed E-state index contributed by atoms with van der Waals surface area (Å²) in [6.45, 7) is 0. The van der Waals surface area contributed by atoms with Crippen LogP contribution in [0.4, 0.5) is 0 Å². The summed E-state index contributed by atoms with van der Waals surface area (Å²) in [6, 6.07) is 0. The third-order valence-corrected chi connectivity index (χ3v) is 3.83. The predicted molar refractivity (Wildman–Crippen MR) is 50.3 cm³/mol. The Morgan fingerprint density at radius 2 is 0.579 bits per heavy atom. The monoisotopic (exact) mass is 553 g/mol. The van der Waals surface area contributed by atoms with Crippen LogP contribution in [0, 0.1) is 0 Å². The van der Waals surface area contributed by atoms with Crippen molar-refractivity contribution >= 4 is 31.3 Å². The van der Waals surface area contributed by atoms with Gasteiger partial charge in [-0.25, -0.2) is 18.3 Å². The predicted octanol–water partition coefficient (Wildman–Crippen LogP) is -1.63. The van der Waals surface area contributed by atoms with Crippen LogP contribution < -0.4 is 0 Å². The summed E-state index contributed by atoms with van der Waals surface area (Å²) in [5.74, 6) is 0. The van der Waals surface area contributed by atoms with E-state index in [1.54, 1.807) is 0 Å². The molecule has 19 heavy (non-hydrogen) atoms. The van der Waals surface area contributed by atoms with Gasteiger partial charge in [-0.3, -0.25) is 0 Å². The Morgan fingerprint density at radius 1 is 0.474 bits per heavy atom. The standard InChI is InChI=1S/Au.2H4O7P2/c;2*1-8(2,3)7-9(4,5)6/h;2*(H2,1,2,3)(H2,4,5,6). The minimum atomic E-state index is -5.05. The van der Waals surface area contributed by atoms with E-state index >= 15 is 0 Å². The Bertz CT molecular complexity index is 342. The van der Waals surface area contributed by atoms with Gasteiger partial charge < -0.3 is 39.1 Å². The summed E-state index contributed by atoms with van der Waals surface area (Å²) in [6.07, 6.45) is 0. The van der Waals surface area contributed by atoms with E-state index in [4.69, 9.17) is 39.1 Å². The molecule has 0 saturated carbocycles. The van der Waals surface area contributed by atoms with E-state index < -0.39 is 31.3 Å². The Kier molecular flexibility index (Phi) is 11.5. The van der Waals surface area contributed by atoms with Crippen molar-refractivity contribution in [3.8, 4) is 0 Å². The molecule has 14 nitrogen and oxygen atoms in total. The minimum absolute atomic E-state index is 0. The van der Waals surface area contributed by atoms with Crippen molar-refractivity contribution < 1.29 is 88.4 Å². The normalized spacial score (nSPS) is 13.1. The van der Waals surface area contributed by atoms with Crippen LogP contribution in [0.15, 0.2) is 0 Å². The Labute approximate surface area is 120 Å². The van der Waals surface area contributed by atoms with Gasteiger partial charge >= 0.3 is 31.3 Å². The van der Waals surface area contributed by atoms with E-state index in [1.807, 2.05) is 0 Å². The molecule has 0 atom stereocenters. The summed E-state index contributed by atoms with van der Waals surface area (Å²) < 4.78 is 44.4. The minimum Gasteiger partial charge on any atom is -0.302 e. The van der Waals surface area contributed by atoms with Gasteiger partial charge in [0.15, 0.2) is 0 Å². The molecule has 0 aliphatic carbocycles. The maximum atomic E-state index is 9.63. The zero-order valence-corrected chi connectivity index (χ0v) is 13.9. The molecule has 0 aromatic rings. The maximum Gasteiger partial charge on any atom is 0.478 e. The average Bonchev–Trinajstić information content (AvgIpc) is 1.64. The second kappa shape index (κ2) is 8.64. The third kappa shape index (κ3) is 32.6. The van der Waals surface area contributed by atoms with Gasteiger partial charge in [0, 0.05) is 22.4 Å². The largest absolute Gasteiger partial charge is 0.478 e. The fraction of sp³-hybridized carbons (Fsp3) is 0. The Balaban J connectivity index is -0.000000256. The number of hydrogen-bond donors (Lipinski definition) is 8. The van der Waals surface area contributed by atoms with Gasteiger partial charge in [0.1, 0.15) is 0 Å². The molecule has 0 heterocycles. The summed E-state index contributed by atoms with van der Waals surface area (Å²) in [7, 11) is -20.2. The molecule has 0 unspecified atom stereocenters. The summed E-state index contributed by atoms with van der Waals surface area (Å²) in [5.41, 5.74) is 0. The quantitative estimate of drug-likeness (QED) is 0.144. The summed E-state index contributed by atoms with van der Waals surface area (Å²) in [4.78, 5) is 62.0. The van der Waals surface area contributed by atoms with E-state index in [2.05, 4.69) is 8.62 Å². The molecule has 123 valence electrons. The summed E-state index contributed by atoms with van der Waals surface area (Å²) in [5, 5.41) is 0. The molecule has 0 saturated heterocycles. The van der Waals surface area contributed by atoms with Gasteiger partial charge in [0.2, 0.25) is 0 Å². The number of rotatable bonds is 4. The first kappa shape index (κ1) is 25.2. The zero-order chi connectivity index (χ0) is 15.4. The van der Waals surface area contributed by atoms with Crippen molar-refractivity contribution in [1.29, 1.82) is 0 Å². The second-order valence-corrected chi connectivity index (χ2v) is 7.36. The Hall–Kier alpha value is 1.26. The van der Waals surface area contributed by atoms with Crippen molar-refractivity contribution in [3.63, 3.8) is 0 Å². The molecular formula is H8AuO14P4. The molecule has 0 rings (SSSR count). The molecule has 0 aliphatic rings. The molecule has 19 heteroatoms. The van der Waals surface area contributed by atoms with Crippen molar-refractivity contribution in [2.24, 2.45) is 0 Å². The fourth-order valence-corrected chi connectivity index (χ4v) is 2.49. The van der Waals surface area contributed by atoms with Gasteiger partial charge in [-0.1, -0.05) is 0 Å². The average molecular weight is 553 g/mol. The topological polar surface area (TPSA) is 249 Å². The van der Waals surface area contributed by atoms with Crippen LogP contribution in [0.5, 0.6) is 0 Å². The second-order valence-electron chi connectivity index (χ2n) is 2.13. The molecule has 0 amide bonds. The molecule has 1 radical (unpaired) electrons. The van der Waals surface area contributed by atoms with Crippen LogP contribution in [0.1, 0.15) is 0 Å². The van der Waals surface area contributed by atoms with Crippen molar-refractivity contribution in [1.82, 2.24) is 0 Å². The van der Waals surface area contributed by atoms with E-state index in [1.165, 1.54) is 0 Å². The molecule has 0 fully saturated rings. The molecular weight excluding hydrogens is 545 g/mol. The summed E-state index contributed by atoms with van der Waals surface area (Å²) >= 11 is 0. The van der Waals surface area contributed by atoms with E-state index in [9.17, 15) is 18.3 Å². The van der Waals surface area contributed by atoms with Crippen molar-refractivity contribution in [2.45, 2.75) is 0 Å². The third-order valence-electron chi connectivity index (χ3n) is 0.425. The Morgan fingerprint density at radius 3 is 0.579 bits per heavy atom.